The van der Waals surface area contributed by atoms with Crippen LogP contribution in [-0.2, 0) is 19.1 Å². The fraction of sp³-hybridized carbons (Fsp3) is 0.786. The summed E-state index contributed by atoms with van der Waals surface area (Å²) >= 11 is 0. The van der Waals surface area contributed by atoms with Crippen molar-refractivity contribution in [3.8, 4) is 0 Å². The van der Waals surface area contributed by atoms with Crippen molar-refractivity contribution in [1.29, 1.82) is 0 Å². The van der Waals surface area contributed by atoms with E-state index in [1.54, 1.807) is 6.92 Å². The molecule has 0 radical (unpaired) electrons. The van der Waals surface area contributed by atoms with Gasteiger partial charge >= 0.3 is 5.97 Å². The number of hydrogen-bond donors (Lipinski definition) is 0. The van der Waals surface area contributed by atoms with Crippen LogP contribution in [0.4, 0.5) is 0 Å². The van der Waals surface area contributed by atoms with Crippen LogP contribution in [0.3, 0.4) is 0 Å². The average Bonchev–Trinajstić information content (AvgIpc) is 2.44. The van der Waals surface area contributed by atoms with Crippen molar-refractivity contribution in [2.45, 2.75) is 40.5 Å². The third-order valence-corrected chi connectivity index (χ3v) is 5.18. The van der Waals surface area contributed by atoms with Gasteiger partial charge in [-0.15, -0.1) is 0 Å². The molecule has 18 heavy (non-hydrogen) atoms. The second-order valence-electron chi connectivity index (χ2n) is 6.10. The van der Waals surface area contributed by atoms with Gasteiger partial charge in [0.1, 0.15) is 0 Å². The van der Waals surface area contributed by atoms with E-state index in [1.807, 2.05) is 20.8 Å². The third-order valence-electron chi connectivity index (χ3n) is 5.18. The standard InChI is InChI=1S/C14H20O4/c1-5-18-12(17)9-10(15)8-6-7-14(4,11(9)16)13(8,2)3/h8-9H,5-7H2,1-4H3. The molecule has 0 heterocycles. The summed E-state index contributed by atoms with van der Waals surface area (Å²) in [6.45, 7) is 7.67. The summed E-state index contributed by atoms with van der Waals surface area (Å²) < 4.78 is 4.88. The number of carbonyl (C=O) groups excluding carboxylic acids is 3. The maximum Gasteiger partial charge on any atom is 0.324 e. The van der Waals surface area contributed by atoms with Crippen LogP contribution in [0, 0.1) is 22.7 Å². The van der Waals surface area contributed by atoms with E-state index in [1.165, 1.54) is 0 Å². The summed E-state index contributed by atoms with van der Waals surface area (Å²) in [4.78, 5) is 36.7. The molecular weight excluding hydrogens is 232 g/mol. The quantitative estimate of drug-likeness (QED) is 0.555. The summed E-state index contributed by atoms with van der Waals surface area (Å²) in [6, 6.07) is 0. The van der Waals surface area contributed by atoms with E-state index in [0.717, 1.165) is 0 Å². The van der Waals surface area contributed by atoms with Gasteiger partial charge in [0.2, 0.25) is 0 Å². The van der Waals surface area contributed by atoms with Gasteiger partial charge in [0.05, 0.1) is 6.61 Å². The highest BCUT2D eigenvalue weighted by molar-refractivity contribution is 6.22. The van der Waals surface area contributed by atoms with Crippen LogP contribution in [0.15, 0.2) is 0 Å². The lowest BCUT2D eigenvalue weighted by molar-refractivity contribution is -0.166. The molecule has 0 aliphatic heterocycles. The predicted octanol–water partition coefficient (Wildman–Crippen LogP) is 1.76. The Kier molecular flexibility index (Phi) is 2.87. The van der Waals surface area contributed by atoms with Gasteiger partial charge in [0, 0.05) is 11.3 Å². The van der Waals surface area contributed by atoms with Crippen LogP contribution < -0.4 is 0 Å². The minimum absolute atomic E-state index is 0.195. The van der Waals surface area contributed by atoms with Crippen molar-refractivity contribution in [2.24, 2.45) is 22.7 Å². The highest BCUT2D eigenvalue weighted by atomic mass is 16.5. The first-order valence-corrected chi connectivity index (χ1v) is 6.52. The molecular formula is C14H20O4. The van der Waals surface area contributed by atoms with Gasteiger partial charge in [-0.25, -0.2) is 0 Å². The Bertz CT molecular complexity index is 424. The molecule has 2 rings (SSSR count). The highest BCUT2D eigenvalue weighted by Gasteiger charge is 2.66. The Morgan fingerprint density at radius 2 is 1.94 bits per heavy atom. The molecule has 0 N–H and O–H groups in total. The van der Waals surface area contributed by atoms with Crippen LogP contribution >= 0.6 is 0 Å². The number of hydrogen-bond acceptors (Lipinski definition) is 4. The Morgan fingerprint density at radius 1 is 1.33 bits per heavy atom. The summed E-state index contributed by atoms with van der Waals surface area (Å²) in [6.07, 6.45) is 1.38. The molecule has 3 atom stereocenters. The van der Waals surface area contributed by atoms with Gasteiger partial charge in [-0.1, -0.05) is 20.8 Å². The zero-order valence-corrected chi connectivity index (χ0v) is 11.4. The van der Waals surface area contributed by atoms with Crippen LogP contribution in [0.25, 0.3) is 0 Å². The van der Waals surface area contributed by atoms with E-state index in [0.29, 0.717) is 12.8 Å². The van der Waals surface area contributed by atoms with Gasteiger partial charge in [0.25, 0.3) is 0 Å². The predicted molar refractivity (Wildman–Crippen MR) is 64.7 cm³/mol. The summed E-state index contributed by atoms with van der Waals surface area (Å²) in [7, 11) is 0. The fourth-order valence-electron chi connectivity index (χ4n) is 3.54. The van der Waals surface area contributed by atoms with E-state index in [9.17, 15) is 14.4 Å². The second-order valence-corrected chi connectivity index (χ2v) is 6.10. The lowest BCUT2D eigenvalue weighted by Crippen LogP contribution is -2.55. The molecule has 2 aliphatic carbocycles. The number of esters is 1. The van der Waals surface area contributed by atoms with Crippen molar-refractivity contribution < 1.29 is 19.1 Å². The van der Waals surface area contributed by atoms with E-state index in [-0.39, 0.29) is 29.5 Å². The molecule has 0 aromatic heterocycles. The van der Waals surface area contributed by atoms with E-state index in [4.69, 9.17) is 4.74 Å². The van der Waals surface area contributed by atoms with Gasteiger partial charge in [-0.05, 0) is 25.2 Å². The minimum Gasteiger partial charge on any atom is -0.465 e. The molecule has 100 valence electrons. The molecule has 4 nitrogen and oxygen atoms in total. The SMILES string of the molecule is CCOC(=O)C1C(=O)C2CCC(C)(C1=O)C2(C)C. The second kappa shape index (κ2) is 3.90. The molecule has 2 fully saturated rings. The molecule has 0 saturated heterocycles. The molecule has 0 amide bonds. The van der Waals surface area contributed by atoms with Crippen molar-refractivity contribution >= 4 is 17.5 Å². The number of carbonyl (C=O) groups is 3. The number of rotatable bonds is 2. The van der Waals surface area contributed by atoms with Gasteiger partial charge in [-0.3, -0.25) is 14.4 Å². The highest BCUT2D eigenvalue weighted by Crippen LogP contribution is 2.61. The maximum absolute atomic E-state index is 12.5. The van der Waals surface area contributed by atoms with Crippen LogP contribution in [0.1, 0.15) is 40.5 Å². The Hall–Kier alpha value is -1.19. The number of Topliss-reactive ketones (excluding diaryl/α,β-unsaturated/α-hetero) is 2. The number of ketones is 2. The first-order valence-electron chi connectivity index (χ1n) is 6.52. The van der Waals surface area contributed by atoms with Gasteiger partial charge < -0.3 is 4.74 Å². The fourth-order valence-corrected chi connectivity index (χ4v) is 3.54. The topological polar surface area (TPSA) is 60.4 Å². The summed E-state index contributed by atoms with van der Waals surface area (Å²) in [5.74, 6) is -2.53. The van der Waals surface area contributed by atoms with Crippen molar-refractivity contribution in [3.63, 3.8) is 0 Å². The average molecular weight is 252 g/mol. The van der Waals surface area contributed by atoms with Crippen molar-refractivity contribution in [3.05, 3.63) is 0 Å². The first kappa shape index (κ1) is 13.2. The number of fused-ring (bicyclic) bond motifs is 2. The monoisotopic (exact) mass is 252 g/mol. The zero-order chi connectivity index (χ0) is 13.7. The molecule has 0 aromatic carbocycles. The van der Waals surface area contributed by atoms with Gasteiger partial charge in [0.15, 0.2) is 17.5 Å². The lowest BCUT2D eigenvalue weighted by atomic mass is 9.55. The smallest absolute Gasteiger partial charge is 0.324 e. The number of ether oxygens (including phenoxy) is 1. The largest absolute Gasteiger partial charge is 0.465 e. The molecule has 4 heteroatoms. The van der Waals surface area contributed by atoms with Crippen LogP contribution in [-0.4, -0.2) is 24.1 Å². The molecule has 3 unspecified atom stereocenters. The molecule has 0 aromatic rings. The molecule has 2 bridgehead atoms. The third kappa shape index (κ3) is 1.41. The molecule has 2 saturated carbocycles. The molecule has 2 aliphatic rings. The van der Waals surface area contributed by atoms with Crippen LogP contribution in [0.2, 0.25) is 0 Å². The lowest BCUT2D eigenvalue weighted by Gasteiger charge is -2.45. The van der Waals surface area contributed by atoms with Crippen molar-refractivity contribution in [2.75, 3.05) is 6.61 Å². The first-order chi connectivity index (χ1) is 8.27. The Labute approximate surface area is 107 Å². The maximum atomic E-state index is 12.5. The Balaban J connectivity index is 2.42. The normalized spacial score (nSPS) is 37.8. The van der Waals surface area contributed by atoms with Crippen molar-refractivity contribution in [1.82, 2.24) is 0 Å². The van der Waals surface area contributed by atoms with E-state index in [2.05, 4.69) is 0 Å². The molecule has 0 spiro atoms. The van der Waals surface area contributed by atoms with E-state index >= 15 is 0 Å². The summed E-state index contributed by atoms with van der Waals surface area (Å²) in [5.41, 5.74) is -0.937. The summed E-state index contributed by atoms with van der Waals surface area (Å²) in [5, 5.41) is 0. The minimum atomic E-state index is -1.18. The van der Waals surface area contributed by atoms with Gasteiger partial charge in [-0.2, -0.15) is 0 Å². The van der Waals surface area contributed by atoms with E-state index < -0.39 is 17.3 Å². The zero-order valence-electron chi connectivity index (χ0n) is 11.4. The Morgan fingerprint density at radius 3 is 2.50 bits per heavy atom. The van der Waals surface area contributed by atoms with Crippen LogP contribution in [0.5, 0.6) is 0 Å².